The molecule has 6 heteroatoms. The van der Waals surface area contributed by atoms with Crippen LogP contribution in [0.4, 0.5) is 5.82 Å². The van der Waals surface area contributed by atoms with Crippen molar-refractivity contribution >= 4 is 39.9 Å². The van der Waals surface area contributed by atoms with Crippen LogP contribution in [0, 0.1) is 0 Å². The van der Waals surface area contributed by atoms with E-state index in [4.69, 9.17) is 32.7 Å². The van der Waals surface area contributed by atoms with Crippen LogP contribution in [0.2, 0.25) is 10.0 Å². The molecule has 1 aromatic heterocycles. The first-order chi connectivity index (χ1) is 9.17. The lowest BCUT2D eigenvalue weighted by atomic mass is 10.2. The van der Waals surface area contributed by atoms with Gasteiger partial charge in [-0.15, -0.1) is 0 Å². The van der Waals surface area contributed by atoms with Gasteiger partial charge in [0.05, 0.1) is 24.3 Å². The lowest BCUT2D eigenvalue weighted by molar-refractivity contribution is 0.210. The molecule has 1 heterocycles. The van der Waals surface area contributed by atoms with Crippen LogP contribution >= 0.6 is 23.2 Å². The van der Waals surface area contributed by atoms with Crippen LogP contribution in [0.3, 0.4) is 0 Å². The average molecular weight is 301 g/mol. The quantitative estimate of drug-likeness (QED) is 0.857. The molecule has 0 amide bonds. The third-order valence-electron chi connectivity index (χ3n) is 2.67. The van der Waals surface area contributed by atoms with Crippen molar-refractivity contribution in [2.45, 2.75) is 0 Å². The number of fused-ring (bicyclic) bond motifs is 1. The van der Waals surface area contributed by atoms with Crippen LogP contribution in [-0.4, -0.2) is 32.4 Å². The standard InChI is InChI=1S/C13H14Cl2N2O2/c1-18-6-5-16-11-7-9(14)8-3-4-10(19-2)12(15)13(8)17-11/h3-4,7H,5-6H2,1-2H3,(H,16,17). The van der Waals surface area contributed by atoms with Crippen LogP contribution in [0.25, 0.3) is 10.9 Å². The van der Waals surface area contributed by atoms with E-state index in [9.17, 15) is 0 Å². The predicted molar refractivity (Wildman–Crippen MR) is 78.7 cm³/mol. The van der Waals surface area contributed by atoms with E-state index >= 15 is 0 Å². The first-order valence-electron chi connectivity index (χ1n) is 5.73. The molecule has 2 aromatic rings. The number of benzene rings is 1. The van der Waals surface area contributed by atoms with E-state index in [1.54, 1.807) is 26.4 Å². The van der Waals surface area contributed by atoms with Gasteiger partial charge in [0.1, 0.15) is 16.6 Å². The van der Waals surface area contributed by atoms with E-state index in [1.165, 1.54) is 0 Å². The number of methoxy groups -OCH3 is 2. The Bertz CT molecular complexity index is 590. The van der Waals surface area contributed by atoms with Gasteiger partial charge in [0.15, 0.2) is 0 Å². The van der Waals surface area contributed by atoms with Crippen LogP contribution < -0.4 is 10.1 Å². The zero-order chi connectivity index (χ0) is 13.8. The van der Waals surface area contributed by atoms with Crippen molar-refractivity contribution in [2.24, 2.45) is 0 Å². The average Bonchev–Trinajstić information content (AvgIpc) is 2.40. The van der Waals surface area contributed by atoms with Crippen LogP contribution in [-0.2, 0) is 4.74 Å². The number of rotatable bonds is 5. The smallest absolute Gasteiger partial charge is 0.139 e. The summed E-state index contributed by atoms with van der Waals surface area (Å²) in [6, 6.07) is 5.38. The highest BCUT2D eigenvalue weighted by molar-refractivity contribution is 6.40. The zero-order valence-corrected chi connectivity index (χ0v) is 12.2. The lowest BCUT2D eigenvalue weighted by Crippen LogP contribution is -2.08. The Kier molecular flexibility index (Phi) is 4.69. The van der Waals surface area contributed by atoms with E-state index in [1.807, 2.05) is 6.07 Å². The fraction of sp³-hybridized carbons (Fsp3) is 0.308. The maximum absolute atomic E-state index is 6.25. The summed E-state index contributed by atoms with van der Waals surface area (Å²) in [4.78, 5) is 4.45. The van der Waals surface area contributed by atoms with Gasteiger partial charge in [0, 0.05) is 19.0 Å². The summed E-state index contributed by atoms with van der Waals surface area (Å²) >= 11 is 12.5. The minimum atomic E-state index is 0.456. The fourth-order valence-corrected chi connectivity index (χ4v) is 2.27. The molecule has 0 fully saturated rings. The van der Waals surface area contributed by atoms with Gasteiger partial charge in [-0.05, 0) is 18.2 Å². The SMILES string of the molecule is COCCNc1cc(Cl)c2ccc(OC)c(Cl)c2n1. The highest BCUT2D eigenvalue weighted by Gasteiger charge is 2.11. The van der Waals surface area contributed by atoms with E-state index in [-0.39, 0.29) is 0 Å². The number of nitrogens with one attached hydrogen (secondary N) is 1. The minimum Gasteiger partial charge on any atom is -0.495 e. The van der Waals surface area contributed by atoms with E-state index in [0.717, 1.165) is 5.39 Å². The number of hydrogen-bond acceptors (Lipinski definition) is 4. The Balaban J connectivity index is 2.44. The normalized spacial score (nSPS) is 10.7. The molecule has 0 saturated heterocycles. The summed E-state index contributed by atoms with van der Waals surface area (Å²) in [6.45, 7) is 1.23. The molecule has 0 aliphatic rings. The molecule has 0 unspecified atom stereocenters. The van der Waals surface area contributed by atoms with Gasteiger partial charge >= 0.3 is 0 Å². The third kappa shape index (κ3) is 3.03. The Morgan fingerprint density at radius 3 is 2.74 bits per heavy atom. The van der Waals surface area contributed by atoms with Gasteiger partial charge in [-0.2, -0.15) is 0 Å². The molecule has 0 aliphatic carbocycles. The molecule has 19 heavy (non-hydrogen) atoms. The fourth-order valence-electron chi connectivity index (χ4n) is 1.73. The summed E-state index contributed by atoms with van der Waals surface area (Å²) in [7, 11) is 3.21. The summed E-state index contributed by atoms with van der Waals surface area (Å²) < 4.78 is 10.1. The summed E-state index contributed by atoms with van der Waals surface area (Å²) in [6.07, 6.45) is 0. The Hall–Kier alpha value is -1.23. The van der Waals surface area contributed by atoms with Gasteiger partial charge in [-0.25, -0.2) is 4.98 Å². The maximum atomic E-state index is 6.25. The maximum Gasteiger partial charge on any atom is 0.139 e. The third-order valence-corrected chi connectivity index (χ3v) is 3.34. The van der Waals surface area contributed by atoms with Crippen molar-refractivity contribution in [1.82, 2.24) is 4.98 Å². The number of anilines is 1. The van der Waals surface area contributed by atoms with E-state index < -0.39 is 0 Å². The first kappa shape index (κ1) is 14.2. The second kappa shape index (κ2) is 6.28. The predicted octanol–water partition coefficient (Wildman–Crippen LogP) is 3.61. The molecule has 0 spiro atoms. The van der Waals surface area contributed by atoms with Gasteiger partial charge in [-0.3, -0.25) is 0 Å². The first-order valence-corrected chi connectivity index (χ1v) is 6.48. The Labute approximate surface area is 121 Å². The van der Waals surface area contributed by atoms with Gasteiger partial charge < -0.3 is 14.8 Å². The number of hydrogen-bond donors (Lipinski definition) is 1. The van der Waals surface area contributed by atoms with Crippen molar-refractivity contribution in [3.8, 4) is 5.75 Å². The molecule has 0 radical (unpaired) electrons. The molecule has 0 saturated carbocycles. The summed E-state index contributed by atoms with van der Waals surface area (Å²) in [5.74, 6) is 1.23. The van der Waals surface area contributed by atoms with Crippen molar-refractivity contribution in [2.75, 3.05) is 32.7 Å². The molecule has 0 bridgehead atoms. The highest BCUT2D eigenvalue weighted by atomic mass is 35.5. The van der Waals surface area contributed by atoms with Crippen molar-refractivity contribution < 1.29 is 9.47 Å². The van der Waals surface area contributed by atoms with Crippen molar-refractivity contribution in [1.29, 1.82) is 0 Å². The largest absolute Gasteiger partial charge is 0.495 e. The molecule has 0 atom stereocenters. The minimum absolute atomic E-state index is 0.456. The van der Waals surface area contributed by atoms with Crippen LogP contribution in [0.5, 0.6) is 5.75 Å². The lowest BCUT2D eigenvalue weighted by Gasteiger charge is -2.10. The number of pyridine rings is 1. The molecule has 1 aromatic carbocycles. The molecule has 102 valence electrons. The number of ether oxygens (including phenoxy) is 2. The monoisotopic (exact) mass is 300 g/mol. The molecule has 1 N–H and O–H groups in total. The van der Waals surface area contributed by atoms with Gasteiger partial charge in [0.25, 0.3) is 0 Å². The van der Waals surface area contributed by atoms with Crippen LogP contribution in [0.15, 0.2) is 18.2 Å². The Morgan fingerprint density at radius 1 is 1.26 bits per heavy atom. The molecule has 2 rings (SSSR count). The molecule has 0 aliphatic heterocycles. The van der Waals surface area contributed by atoms with E-state index in [0.29, 0.717) is 40.3 Å². The second-order valence-corrected chi connectivity index (χ2v) is 4.67. The summed E-state index contributed by atoms with van der Waals surface area (Å²) in [5, 5.41) is 4.97. The van der Waals surface area contributed by atoms with Gasteiger partial charge in [-0.1, -0.05) is 23.2 Å². The summed E-state index contributed by atoms with van der Waals surface area (Å²) in [5.41, 5.74) is 0.619. The zero-order valence-electron chi connectivity index (χ0n) is 10.7. The highest BCUT2D eigenvalue weighted by Crippen LogP contribution is 2.35. The number of nitrogens with zero attached hydrogens (tertiary/aromatic N) is 1. The second-order valence-electron chi connectivity index (χ2n) is 3.89. The topological polar surface area (TPSA) is 43.4 Å². The molecule has 4 nitrogen and oxygen atoms in total. The number of aromatic nitrogens is 1. The molecular formula is C13H14Cl2N2O2. The van der Waals surface area contributed by atoms with Crippen molar-refractivity contribution in [3.63, 3.8) is 0 Å². The van der Waals surface area contributed by atoms with E-state index in [2.05, 4.69) is 10.3 Å². The van der Waals surface area contributed by atoms with Gasteiger partial charge in [0.2, 0.25) is 0 Å². The number of halogens is 2. The Morgan fingerprint density at radius 2 is 2.05 bits per heavy atom. The van der Waals surface area contributed by atoms with Crippen LogP contribution in [0.1, 0.15) is 0 Å². The molecular weight excluding hydrogens is 287 g/mol. The van der Waals surface area contributed by atoms with Crippen molar-refractivity contribution in [3.05, 3.63) is 28.2 Å².